The molecule has 1 aromatic heterocycles. The summed E-state index contributed by atoms with van der Waals surface area (Å²) in [5, 5.41) is 0.369. The number of fused-ring (bicyclic) bond motifs is 1. The van der Waals surface area contributed by atoms with Crippen molar-refractivity contribution in [2.24, 2.45) is 0 Å². The summed E-state index contributed by atoms with van der Waals surface area (Å²) in [6, 6.07) is 10.4. The van der Waals surface area contributed by atoms with Gasteiger partial charge in [-0.05, 0) is 69.0 Å². The summed E-state index contributed by atoms with van der Waals surface area (Å²) in [4.78, 5) is 43.3. The Kier molecular flexibility index (Phi) is 7.19. The van der Waals surface area contributed by atoms with Gasteiger partial charge in [0, 0.05) is 12.2 Å². The van der Waals surface area contributed by atoms with Crippen LogP contribution < -0.4 is 5.56 Å². The Morgan fingerprint density at radius 1 is 1.18 bits per heavy atom. The normalized spacial score (nSPS) is 16.5. The van der Waals surface area contributed by atoms with Crippen molar-refractivity contribution < 1.29 is 19.1 Å². The van der Waals surface area contributed by atoms with Crippen LogP contribution in [-0.4, -0.2) is 46.4 Å². The summed E-state index contributed by atoms with van der Waals surface area (Å²) in [5.74, 6) is -0.533. The third kappa shape index (κ3) is 4.93. The number of ether oxygens (including phenoxy) is 2. The van der Waals surface area contributed by atoms with Gasteiger partial charge < -0.3 is 9.47 Å². The minimum Gasteiger partial charge on any atom is -0.465 e. The monoisotopic (exact) mass is 480 g/mol. The summed E-state index contributed by atoms with van der Waals surface area (Å²) in [7, 11) is 1.31. The van der Waals surface area contributed by atoms with Crippen LogP contribution in [0.3, 0.4) is 0 Å². The first kappa shape index (κ1) is 24.2. The predicted molar refractivity (Wildman–Crippen MR) is 132 cm³/mol. The molecule has 1 aliphatic heterocycles. The molecule has 3 aromatic rings. The van der Waals surface area contributed by atoms with E-state index in [1.54, 1.807) is 22.8 Å². The Morgan fingerprint density at radius 3 is 2.62 bits per heavy atom. The van der Waals surface area contributed by atoms with Crippen LogP contribution >= 0.6 is 11.8 Å². The smallest absolute Gasteiger partial charge is 0.337 e. The van der Waals surface area contributed by atoms with Crippen molar-refractivity contribution in [1.82, 2.24) is 9.55 Å². The number of aryl methyl sites for hydroxylation is 2. The molecule has 0 amide bonds. The van der Waals surface area contributed by atoms with Crippen LogP contribution in [0.4, 0.5) is 0 Å². The number of carbonyl (C=O) groups excluding carboxylic acids is 2. The lowest BCUT2D eigenvalue weighted by Crippen LogP contribution is -2.29. The number of methoxy groups -OCH3 is 1. The molecule has 4 rings (SSSR count). The average Bonchev–Trinajstić information content (AvgIpc) is 3.35. The Labute approximate surface area is 202 Å². The van der Waals surface area contributed by atoms with Crippen LogP contribution in [-0.2, 0) is 16.0 Å². The van der Waals surface area contributed by atoms with Crippen LogP contribution in [0.15, 0.2) is 46.3 Å². The van der Waals surface area contributed by atoms with Gasteiger partial charge >= 0.3 is 5.97 Å². The summed E-state index contributed by atoms with van der Waals surface area (Å²) in [6.07, 6.45) is 1.75. The summed E-state index contributed by atoms with van der Waals surface area (Å²) < 4.78 is 12.2. The summed E-state index contributed by atoms with van der Waals surface area (Å²) in [5.41, 5.74) is 3.30. The van der Waals surface area contributed by atoms with E-state index in [0.29, 0.717) is 40.3 Å². The minimum atomic E-state index is -0.500. The van der Waals surface area contributed by atoms with E-state index in [4.69, 9.17) is 14.5 Å². The number of rotatable bonds is 7. The molecular weight excluding hydrogens is 452 g/mol. The van der Waals surface area contributed by atoms with E-state index in [2.05, 4.69) is 0 Å². The number of Topliss-reactive ketones (excluding diaryl/α,β-unsaturated/α-hetero) is 1. The SMILES string of the molecule is COC(=O)c1ccc2c(=O)n(CC3CCCO3)c(SC(C)C(=O)c3ccc(C)c(C)c3)nc2c1. The molecule has 1 fully saturated rings. The quantitative estimate of drug-likeness (QED) is 0.215. The molecule has 178 valence electrons. The fraction of sp³-hybridized carbons (Fsp3) is 0.385. The number of carbonyl (C=O) groups is 2. The van der Waals surface area contributed by atoms with Gasteiger partial charge in [-0.2, -0.15) is 0 Å². The van der Waals surface area contributed by atoms with Gasteiger partial charge in [0.05, 0.1) is 41.5 Å². The van der Waals surface area contributed by atoms with Gasteiger partial charge in [0.25, 0.3) is 5.56 Å². The number of hydrogen-bond acceptors (Lipinski definition) is 7. The zero-order chi connectivity index (χ0) is 24.4. The highest BCUT2D eigenvalue weighted by atomic mass is 32.2. The Morgan fingerprint density at radius 2 is 1.94 bits per heavy atom. The van der Waals surface area contributed by atoms with Crippen LogP contribution in [0.5, 0.6) is 0 Å². The third-order valence-electron chi connectivity index (χ3n) is 6.19. The van der Waals surface area contributed by atoms with E-state index in [1.807, 2.05) is 39.0 Å². The van der Waals surface area contributed by atoms with Crippen LogP contribution in [0.25, 0.3) is 10.9 Å². The van der Waals surface area contributed by atoms with Crippen LogP contribution in [0.1, 0.15) is 51.6 Å². The van der Waals surface area contributed by atoms with E-state index in [1.165, 1.54) is 18.9 Å². The Bertz CT molecular complexity index is 1310. The van der Waals surface area contributed by atoms with Crippen molar-refractivity contribution in [1.29, 1.82) is 0 Å². The number of nitrogens with zero attached hydrogens (tertiary/aromatic N) is 2. The van der Waals surface area contributed by atoms with Crippen molar-refractivity contribution >= 4 is 34.4 Å². The predicted octanol–water partition coefficient (Wildman–Crippen LogP) is 4.34. The molecule has 0 saturated carbocycles. The topological polar surface area (TPSA) is 87.5 Å². The molecule has 34 heavy (non-hydrogen) atoms. The summed E-state index contributed by atoms with van der Waals surface area (Å²) in [6.45, 7) is 6.85. The van der Waals surface area contributed by atoms with E-state index < -0.39 is 11.2 Å². The number of ketones is 1. The largest absolute Gasteiger partial charge is 0.465 e. The number of esters is 1. The fourth-order valence-electron chi connectivity index (χ4n) is 4.03. The molecule has 1 aliphatic rings. The van der Waals surface area contributed by atoms with Gasteiger partial charge in [-0.15, -0.1) is 0 Å². The van der Waals surface area contributed by atoms with Gasteiger partial charge in [-0.25, -0.2) is 9.78 Å². The molecule has 0 aliphatic carbocycles. The molecule has 2 heterocycles. The zero-order valence-corrected chi connectivity index (χ0v) is 20.6. The van der Waals surface area contributed by atoms with E-state index in [0.717, 1.165) is 24.0 Å². The molecule has 2 atom stereocenters. The number of aromatic nitrogens is 2. The average molecular weight is 481 g/mol. The highest BCUT2D eigenvalue weighted by Crippen LogP contribution is 2.27. The Hall–Kier alpha value is -2.97. The van der Waals surface area contributed by atoms with Crippen LogP contribution in [0.2, 0.25) is 0 Å². The lowest BCUT2D eigenvalue weighted by Gasteiger charge is -2.18. The second-order valence-corrected chi connectivity index (χ2v) is 9.90. The molecule has 2 unspecified atom stereocenters. The maximum absolute atomic E-state index is 13.4. The molecule has 2 aromatic carbocycles. The molecule has 1 saturated heterocycles. The van der Waals surface area contributed by atoms with Gasteiger partial charge in [0.1, 0.15) is 0 Å². The van der Waals surface area contributed by atoms with E-state index in [-0.39, 0.29) is 17.4 Å². The first-order chi connectivity index (χ1) is 16.3. The van der Waals surface area contributed by atoms with Gasteiger partial charge in [-0.1, -0.05) is 23.9 Å². The molecule has 0 bridgehead atoms. The Balaban J connectivity index is 1.74. The van der Waals surface area contributed by atoms with Crippen molar-refractivity contribution in [2.75, 3.05) is 13.7 Å². The standard InChI is InChI=1S/C26H28N2O5S/c1-15-7-8-18(12-16(15)2)23(29)17(3)34-26-27-22-13-19(25(31)32-4)9-10-21(22)24(30)28(26)14-20-6-5-11-33-20/h7-10,12-13,17,20H,5-6,11,14H2,1-4H3. The van der Waals surface area contributed by atoms with Crippen molar-refractivity contribution in [3.05, 3.63) is 69.0 Å². The van der Waals surface area contributed by atoms with Gasteiger partial charge in [0.2, 0.25) is 0 Å². The molecule has 8 heteroatoms. The van der Waals surface area contributed by atoms with E-state index >= 15 is 0 Å². The van der Waals surface area contributed by atoms with Gasteiger partial charge in [-0.3, -0.25) is 14.2 Å². The lowest BCUT2D eigenvalue weighted by atomic mass is 10.0. The number of benzene rings is 2. The van der Waals surface area contributed by atoms with Gasteiger partial charge in [0.15, 0.2) is 10.9 Å². The maximum atomic E-state index is 13.4. The number of thioether (sulfide) groups is 1. The molecule has 0 radical (unpaired) electrons. The lowest BCUT2D eigenvalue weighted by molar-refractivity contribution is 0.0600. The van der Waals surface area contributed by atoms with Crippen molar-refractivity contribution in [3.8, 4) is 0 Å². The highest BCUT2D eigenvalue weighted by molar-refractivity contribution is 8.00. The van der Waals surface area contributed by atoms with Crippen molar-refractivity contribution in [2.45, 2.75) is 56.7 Å². The van der Waals surface area contributed by atoms with Crippen molar-refractivity contribution in [3.63, 3.8) is 0 Å². The third-order valence-corrected chi connectivity index (χ3v) is 7.28. The second-order valence-electron chi connectivity index (χ2n) is 8.59. The minimum absolute atomic E-state index is 0.0329. The maximum Gasteiger partial charge on any atom is 0.337 e. The summed E-state index contributed by atoms with van der Waals surface area (Å²) >= 11 is 1.25. The molecule has 7 nitrogen and oxygen atoms in total. The zero-order valence-electron chi connectivity index (χ0n) is 19.8. The molecule has 0 N–H and O–H groups in total. The van der Waals surface area contributed by atoms with E-state index in [9.17, 15) is 14.4 Å². The first-order valence-electron chi connectivity index (χ1n) is 11.3. The second kappa shape index (κ2) is 10.1. The number of hydrogen-bond donors (Lipinski definition) is 0. The molecule has 0 spiro atoms. The molecular formula is C26H28N2O5S. The van der Waals surface area contributed by atoms with Crippen LogP contribution in [0, 0.1) is 13.8 Å². The fourth-order valence-corrected chi connectivity index (χ4v) is 5.02. The highest BCUT2D eigenvalue weighted by Gasteiger charge is 2.24. The first-order valence-corrected chi connectivity index (χ1v) is 12.2.